The SMILES string of the molecule is CC(=O)[O-].CC(=O)[O-].CCCC[N+](CCCC)(CCCC)CCCC.CCCC[N+](CCCC)(CCCC)CCCC.O=C(Nc1ccc(-c2ccc(NC(=O)Nc3ccc([N+](=O)[O-])cc3)cc2)cc1)Nc1ccc([N+](=O)[O-])cc1. The molecule has 0 fully saturated rings. The van der Waals surface area contributed by atoms with Crippen molar-refractivity contribution in [2.24, 2.45) is 0 Å². The van der Waals surface area contributed by atoms with Gasteiger partial charge in [0.2, 0.25) is 0 Å². The van der Waals surface area contributed by atoms with Crippen LogP contribution in [0.15, 0.2) is 97.1 Å². The Morgan fingerprint density at radius 1 is 0.350 bits per heavy atom. The molecule has 0 aliphatic rings. The number of aliphatic carboxylic acids is 2. The van der Waals surface area contributed by atoms with Gasteiger partial charge in [-0.3, -0.25) is 20.2 Å². The normalized spacial score (nSPS) is 10.6. The number of nitro benzene ring substituents is 2. The van der Waals surface area contributed by atoms with Gasteiger partial charge in [-0.15, -0.1) is 0 Å². The molecular formula is C62H98N8O10. The maximum Gasteiger partial charge on any atom is 0.323 e. The molecule has 0 aliphatic heterocycles. The van der Waals surface area contributed by atoms with E-state index in [-0.39, 0.29) is 11.4 Å². The molecule has 0 aromatic heterocycles. The lowest BCUT2D eigenvalue weighted by Crippen LogP contribution is -2.50. The molecule has 4 rings (SSSR count). The number of carbonyl (C=O) groups is 4. The number of amides is 4. The molecule has 4 amide bonds. The molecule has 4 aromatic rings. The number of hydrogen-bond donors (Lipinski definition) is 4. The number of rotatable bonds is 31. The minimum Gasteiger partial charge on any atom is -0.550 e. The Balaban J connectivity index is 0.00000123. The number of non-ortho nitro benzene ring substituents is 2. The third-order valence-corrected chi connectivity index (χ3v) is 13.2. The fraction of sp³-hybridized carbons (Fsp3) is 0.548. The van der Waals surface area contributed by atoms with E-state index >= 15 is 0 Å². The van der Waals surface area contributed by atoms with E-state index in [9.17, 15) is 29.8 Å². The number of hydrogen-bond acceptors (Lipinski definition) is 10. The molecule has 0 bridgehead atoms. The van der Waals surface area contributed by atoms with Crippen molar-refractivity contribution in [3.05, 3.63) is 117 Å². The van der Waals surface area contributed by atoms with Crippen molar-refractivity contribution < 1.29 is 48.2 Å². The zero-order valence-electron chi connectivity index (χ0n) is 50.1. The fourth-order valence-corrected chi connectivity index (χ4v) is 8.70. The zero-order chi connectivity index (χ0) is 60.2. The van der Waals surface area contributed by atoms with Gasteiger partial charge in [0.25, 0.3) is 11.4 Å². The van der Waals surface area contributed by atoms with Crippen LogP contribution in [0.3, 0.4) is 0 Å². The summed E-state index contributed by atoms with van der Waals surface area (Å²) in [5.41, 5.74) is 3.56. The second-order valence-corrected chi connectivity index (χ2v) is 20.2. The molecule has 18 heteroatoms. The summed E-state index contributed by atoms with van der Waals surface area (Å²) in [6, 6.07) is 24.2. The minimum absolute atomic E-state index is 0.0686. The van der Waals surface area contributed by atoms with Gasteiger partial charge in [0, 0.05) is 59.0 Å². The van der Waals surface area contributed by atoms with E-state index in [1.54, 1.807) is 24.3 Å². The van der Waals surface area contributed by atoms with Crippen LogP contribution in [0.2, 0.25) is 0 Å². The molecule has 446 valence electrons. The average molecular weight is 1120 g/mol. The molecule has 0 heterocycles. The first-order valence-corrected chi connectivity index (χ1v) is 29.1. The summed E-state index contributed by atoms with van der Waals surface area (Å²) in [6.45, 7) is 32.0. The van der Waals surface area contributed by atoms with Crippen LogP contribution in [-0.2, 0) is 9.59 Å². The molecule has 80 heavy (non-hydrogen) atoms. The van der Waals surface area contributed by atoms with Gasteiger partial charge in [-0.05, 0) is 125 Å². The smallest absolute Gasteiger partial charge is 0.323 e. The predicted octanol–water partition coefficient (Wildman–Crippen LogP) is 14.0. The Morgan fingerprint density at radius 2 is 0.512 bits per heavy atom. The van der Waals surface area contributed by atoms with Crippen LogP contribution in [0.1, 0.15) is 172 Å². The van der Waals surface area contributed by atoms with Crippen molar-refractivity contribution in [1.29, 1.82) is 0 Å². The lowest BCUT2D eigenvalue weighted by Gasteiger charge is -2.39. The van der Waals surface area contributed by atoms with E-state index in [1.807, 2.05) is 24.3 Å². The van der Waals surface area contributed by atoms with Crippen molar-refractivity contribution in [3.8, 4) is 11.1 Å². The zero-order valence-corrected chi connectivity index (χ0v) is 50.1. The molecule has 0 saturated carbocycles. The van der Waals surface area contributed by atoms with Crippen LogP contribution >= 0.6 is 0 Å². The number of urea groups is 2. The van der Waals surface area contributed by atoms with Gasteiger partial charge in [0.15, 0.2) is 0 Å². The largest absolute Gasteiger partial charge is 0.550 e. The number of carboxylic acids is 2. The van der Waals surface area contributed by atoms with Gasteiger partial charge < -0.3 is 50.0 Å². The third-order valence-electron chi connectivity index (χ3n) is 13.2. The van der Waals surface area contributed by atoms with Gasteiger partial charge in [-0.25, -0.2) is 9.59 Å². The summed E-state index contributed by atoms with van der Waals surface area (Å²) >= 11 is 0. The van der Waals surface area contributed by atoms with Crippen molar-refractivity contribution >= 4 is 58.1 Å². The van der Waals surface area contributed by atoms with E-state index < -0.39 is 33.8 Å². The number of unbranched alkanes of at least 4 members (excludes halogenated alkanes) is 8. The second-order valence-electron chi connectivity index (χ2n) is 20.2. The highest BCUT2D eigenvalue weighted by atomic mass is 16.6. The molecule has 4 aromatic carbocycles. The van der Waals surface area contributed by atoms with E-state index in [1.165, 1.54) is 213 Å². The molecule has 4 N–H and O–H groups in total. The van der Waals surface area contributed by atoms with Crippen molar-refractivity contribution in [1.82, 2.24) is 0 Å². The van der Waals surface area contributed by atoms with Crippen molar-refractivity contribution in [2.45, 2.75) is 172 Å². The van der Waals surface area contributed by atoms with E-state index in [2.05, 4.69) is 76.7 Å². The fourth-order valence-electron chi connectivity index (χ4n) is 8.70. The van der Waals surface area contributed by atoms with Gasteiger partial charge in [0.05, 0.1) is 62.2 Å². The first-order valence-electron chi connectivity index (χ1n) is 29.1. The summed E-state index contributed by atoms with van der Waals surface area (Å²) < 4.78 is 2.84. The average Bonchev–Trinajstić information content (AvgIpc) is 3.43. The highest BCUT2D eigenvalue weighted by molar-refractivity contribution is 6.00. The van der Waals surface area contributed by atoms with E-state index in [4.69, 9.17) is 19.8 Å². The molecule has 0 atom stereocenters. The van der Waals surface area contributed by atoms with Gasteiger partial charge in [-0.2, -0.15) is 0 Å². The predicted molar refractivity (Wildman–Crippen MR) is 323 cm³/mol. The lowest BCUT2D eigenvalue weighted by atomic mass is 10.1. The van der Waals surface area contributed by atoms with Crippen molar-refractivity contribution in [2.75, 3.05) is 73.6 Å². The number of carbonyl (C=O) groups excluding carboxylic acids is 4. The molecule has 0 saturated heterocycles. The van der Waals surface area contributed by atoms with Crippen LogP contribution in [0.4, 0.5) is 43.7 Å². The molecule has 0 aliphatic carbocycles. The Morgan fingerprint density at radius 3 is 0.662 bits per heavy atom. The van der Waals surface area contributed by atoms with Crippen molar-refractivity contribution in [3.63, 3.8) is 0 Å². The molecule has 0 spiro atoms. The van der Waals surface area contributed by atoms with E-state index in [0.29, 0.717) is 22.7 Å². The number of anilines is 4. The topological polar surface area (TPSA) is 249 Å². The summed E-state index contributed by atoms with van der Waals surface area (Å²) in [5.74, 6) is -2.17. The highest BCUT2D eigenvalue weighted by Crippen LogP contribution is 2.25. The highest BCUT2D eigenvalue weighted by Gasteiger charge is 2.26. The molecule has 0 unspecified atom stereocenters. The third kappa shape index (κ3) is 34.2. The summed E-state index contributed by atoms with van der Waals surface area (Å²) in [6.07, 6.45) is 22.1. The Kier molecular flexibility index (Phi) is 40.1. The monoisotopic (exact) mass is 1110 g/mol. The maximum atomic E-state index is 12.2. The second kappa shape index (κ2) is 43.9. The Hall–Kier alpha value is -6.92. The van der Waals surface area contributed by atoms with Crippen LogP contribution in [0, 0.1) is 20.2 Å². The Bertz CT molecular complexity index is 2070. The number of nitro groups is 2. The molecule has 0 radical (unpaired) electrons. The van der Waals surface area contributed by atoms with Crippen LogP contribution in [0.25, 0.3) is 11.1 Å². The van der Waals surface area contributed by atoms with Gasteiger partial charge in [-0.1, -0.05) is 131 Å². The van der Waals surface area contributed by atoms with Crippen LogP contribution < -0.4 is 31.5 Å². The number of benzene rings is 4. The minimum atomic E-state index is -1.08. The number of nitrogens with zero attached hydrogens (tertiary/aromatic N) is 4. The Labute approximate surface area is 478 Å². The summed E-state index contributed by atoms with van der Waals surface area (Å²) in [5, 5.41) is 49.8. The number of carboxylic acid groups (broad SMARTS) is 2. The molecular weight excluding hydrogens is 1020 g/mol. The maximum absolute atomic E-state index is 12.2. The molecule has 18 nitrogen and oxygen atoms in total. The van der Waals surface area contributed by atoms with Crippen LogP contribution in [-0.4, -0.2) is 95.2 Å². The lowest BCUT2D eigenvalue weighted by molar-refractivity contribution is -0.929. The number of nitrogens with one attached hydrogen (secondary N) is 4. The number of quaternary nitrogens is 2. The van der Waals surface area contributed by atoms with Crippen LogP contribution in [0.5, 0.6) is 0 Å². The summed E-state index contributed by atoms with van der Waals surface area (Å²) in [7, 11) is 0. The quantitative estimate of drug-likeness (QED) is 0.0211. The van der Waals surface area contributed by atoms with Gasteiger partial charge >= 0.3 is 12.1 Å². The van der Waals surface area contributed by atoms with E-state index in [0.717, 1.165) is 25.0 Å². The first-order chi connectivity index (χ1) is 38.2. The standard InChI is InChI=1S/C26H20N6O6.2C16H36N.2C2H4O2/c33-25(29-21-9-13-23(14-10-21)31(35)36)27-19-5-1-17(2-6-19)18-3-7-20(8-4-18)28-26(34)30-22-11-15-24(16-12-22)32(37)38;2*1-5-9-13-17(14-10-6-2,15-11-7-3)16-12-8-4;2*1-2(3)4/h1-16H,(H2,27,29,33)(H2,28,30,34);2*5-16H2,1-4H3;2*1H3,(H,3,4)/q;2*+1;;/p-2. The first kappa shape index (κ1) is 73.1. The van der Waals surface area contributed by atoms with Gasteiger partial charge in [0.1, 0.15) is 0 Å². The summed E-state index contributed by atoms with van der Waals surface area (Å²) in [4.78, 5) is 62.6.